The molecule has 0 aliphatic rings. The molecule has 1 heterocycles. The molecule has 0 aliphatic heterocycles. The number of carbonyl (C=O) groups is 1. The predicted octanol–water partition coefficient (Wildman–Crippen LogP) is 2.51. The first-order chi connectivity index (χ1) is 14.4. The van der Waals surface area contributed by atoms with Crippen molar-refractivity contribution in [3.8, 4) is 0 Å². The Kier molecular flexibility index (Phi) is 7.25. The zero-order valence-corrected chi connectivity index (χ0v) is 17.9. The quantitative estimate of drug-likeness (QED) is 0.500. The van der Waals surface area contributed by atoms with Crippen LogP contribution in [-0.2, 0) is 30.7 Å². The molecule has 0 unspecified atom stereocenters. The third kappa shape index (κ3) is 5.27. The average Bonchev–Trinajstić information content (AvgIpc) is 3.16. The molecule has 0 fully saturated rings. The van der Waals surface area contributed by atoms with Gasteiger partial charge in [-0.3, -0.25) is 4.79 Å². The number of hydrogen-bond donors (Lipinski definition) is 1. The van der Waals surface area contributed by atoms with E-state index in [1.165, 1.54) is 3.97 Å². The number of methoxy groups -OCH3 is 1. The fraction of sp³-hybridized carbons (Fsp3) is 0.318. The standard InChI is InChI=1S/C22H26N2O5S/c1-17-3-7-20(8-4-17)30(26,27)24-12-10-19-6-5-18(15-21(19)24)9-11-23-22(25)16-29-14-13-28-2/h3-8,10,12,15H,9,11,13-14,16H2,1-2H3,(H,23,25). The summed E-state index contributed by atoms with van der Waals surface area (Å²) < 4.78 is 37.5. The lowest BCUT2D eigenvalue weighted by molar-refractivity contribution is -0.126. The fourth-order valence-electron chi connectivity index (χ4n) is 3.04. The van der Waals surface area contributed by atoms with E-state index in [2.05, 4.69) is 5.32 Å². The Morgan fingerprint density at radius 1 is 1.07 bits per heavy atom. The van der Waals surface area contributed by atoms with Gasteiger partial charge in [0.2, 0.25) is 5.91 Å². The molecule has 160 valence electrons. The Morgan fingerprint density at radius 3 is 2.57 bits per heavy atom. The summed E-state index contributed by atoms with van der Waals surface area (Å²) in [6.45, 7) is 3.15. The smallest absolute Gasteiger partial charge is 0.268 e. The van der Waals surface area contributed by atoms with E-state index in [0.29, 0.717) is 31.7 Å². The first kappa shape index (κ1) is 22.0. The molecule has 7 nitrogen and oxygen atoms in total. The first-order valence-electron chi connectivity index (χ1n) is 9.67. The van der Waals surface area contributed by atoms with E-state index in [0.717, 1.165) is 16.5 Å². The maximum absolute atomic E-state index is 13.1. The number of rotatable bonds is 10. The number of hydrogen-bond acceptors (Lipinski definition) is 5. The van der Waals surface area contributed by atoms with Gasteiger partial charge < -0.3 is 14.8 Å². The second-order valence-electron chi connectivity index (χ2n) is 6.97. The maximum Gasteiger partial charge on any atom is 0.268 e. The van der Waals surface area contributed by atoms with Crippen molar-refractivity contribution in [1.82, 2.24) is 9.29 Å². The van der Waals surface area contributed by atoms with E-state index < -0.39 is 10.0 Å². The van der Waals surface area contributed by atoms with Gasteiger partial charge in [-0.25, -0.2) is 12.4 Å². The minimum Gasteiger partial charge on any atom is -0.382 e. The Bertz CT molecular complexity index is 1100. The van der Waals surface area contributed by atoms with Crippen LogP contribution in [-0.4, -0.2) is 51.8 Å². The molecule has 1 aromatic heterocycles. The van der Waals surface area contributed by atoms with Gasteiger partial charge in [-0.1, -0.05) is 29.8 Å². The van der Waals surface area contributed by atoms with Gasteiger partial charge in [0.25, 0.3) is 10.0 Å². The summed E-state index contributed by atoms with van der Waals surface area (Å²) >= 11 is 0. The van der Waals surface area contributed by atoms with Gasteiger partial charge in [0.15, 0.2) is 0 Å². The Labute approximate surface area is 176 Å². The lowest BCUT2D eigenvalue weighted by atomic mass is 10.1. The number of amides is 1. The highest BCUT2D eigenvalue weighted by molar-refractivity contribution is 7.90. The Morgan fingerprint density at radius 2 is 1.83 bits per heavy atom. The van der Waals surface area contributed by atoms with Crippen molar-refractivity contribution in [3.05, 3.63) is 65.9 Å². The average molecular weight is 431 g/mol. The fourth-order valence-corrected chi connectivity index (χ4v) is 4.39. The molecule has 8 heteroatoms. The van der Waals surface area contributed by atoms with E-state index in [1.54, 1.807) is 43.6 Å². The van der Waals surface area contributed by atoms with E-state index >= 15 is 0 Å². The van der Waals surface area contributed by atoms with Crippen LogP contribution in [0.25, 0.3) is 10.9 Å². The zero-order valence-electron chi connectivity index (χ0n) is 17.1. The second-order valence-corrected chi connectivity index (χ2v) is 8.78. The van der Waals surface area contributed by atoms with Crippen molar-refractivity contribution >= 4 is 26.8 Å². The molecule has 0 saturated carbocycles. The molecule has 0 spiro atoms. The van der Waals surface area contributed by atoms with Crippen LogP contribution in [0.1, 0.15) is 11.1 Å². The van der Waals surface area contributed by atoms with Gasteiger partial charge in [-0.2, -0.15) is 0 Å². The van der Waals surface area contributed by atoms with Crippen molar-refractivity contribution in [1.29, 1.82) is 0 Å². The molecule has 0 bridgehead atoms. The summed E-state index contributed by atoms with van der Waals surface area (Å²) in [5, 5.41) is 3.63. The zero-order chi connectivity index (χ0) is 21.6. The predicted molar refractivity (Wildman–Crippen MR) is 115 cm³/mol. The second kappa shape index (κ2) is 9.88. The number of nitrogens with zero attached hydrogens (tertiary/aromatic N) is 1. The molecule has 1 N–H and O–H groups in total. The van der Waals surface area contributed by atoms with E-state index in [-0.39, 0.29) is 17.4 Å². The Hall–Kier alpha value is -2.68. The normalized spacial score (nSPS) is 11.7. The molecule has 0 atom stereocenters. The van der Waals surface area contributed by atoms with E-state index in [4.69, 9.17) is 9.47 Å². The van der Waals surface area contributed by atoms with Gasteiger partial charge in [0.1, 0.15) is 6.61 Å². The topological polar surface area (TPSA) is 86.6 Å². The number of nitrogens with one attached hydrogen (secondary N) is 1. The number of benzene rings is 2. The van der Waals surface area contributed by atoms with Crippen LogP contribution in [0.4, 0.5) is 0 Å². The summed E-state index contributed by atoms with van der Waals surface area (Å²) in [4.78, 5) is 12.0. The van der Waals surface area contributed by atoms with E-state index in [9.17, 15) is 13.2 Å². The highest BCUT2D eigenvalue weighted by atomic mass is 32.2. The first-order valence-corrected chi connectivity index (χ1v) is 11.1. The van der Waals surface area contributed by atoms with Crippen LogP contribution < -0.4 is 5.32 Å². The summed E-state index contributed by atoms with van der Waals surface area (Å²) in [7, 11) is -2.11. The molecule has 0 radical (unpaired) electrons. The molecule has 30 heavy (non-hydrogen) atoms. The minimum atomic E-state index is -3.68. The minimum absolute atomic E-state index is 0.0139. The number of fused-ring (bicyclic) bond motifs is 1. The van der Waals surface area contributed by atoms with Crippen molar-refractivity contribution in [2.24, 2.45) is 0 Å². The lowest BCUT2D eigenvalue weighted by Gasteiger charge is -2.10. The lowest BCUT2D eigenvalue weighted by Crippen LogP contribution is -2.29. The van der Waals surface area contributed by atoms with Crippen LogP contribution in [0.3, 0.4) is 0 Å². The van der Waals surface area contributed by atoms with Gasteiger partial charge in [0, 0.05) is 25.2 Å². The van der Waals surface area contributed by atoms with Gasteiger partial charge in [0.05, 0.1) is 23.6 Å². The molecular formula is C22H26N2O5S. The van der Waals surface area contributed by atoms with Gasteiger partial charge >= 0.3 is 0 Å². The summed E-state index contributed by atoms with van der Waals surface area (Å²) in [5.74, 6) is -0.197. The maximum atomic E-state index is 13.1. The third-order valence-electron chi connectivity index (χ3n) is 4.70. The number of aromatic nitrogens is 1. The van der Waals surface area contributed by atoms with Crippen LogP contribution in [0.5, 0.6) is 0 Å². The van der Waals surface area contributed by atoms with Gasteiger partial charge in [-0.05, 0) is 43.2 Å². The molecule has 3 aromatic rings. The van der Waals surface area contributed by atoms with Gasteiger partial charge in [-0.15, -0.1) is 0 Å². The monoisotopic (exact) mass is 430 g/mol. The summed E-state index contributed by atoms with van der Waals surface area (Å²) in [6, 6.07) is 14.3. The molecule has 2 aromatic carbocycles. The highest BCUT2D eigenvalue weighted by Crippen LogP contribution is 2.23. The highest BCUT2D eigenvalue weighted by Gasteiger charge is 2.18. The largest absolute Gasteiger partial charge is 0.382 e. The van der Waals surface area contributed by atoms with Crippen LogP contribution in [0.2, 0.25) is 0 Å². The molecule has 0 aliphatic carbocycles. The van der Waals surface area contributed by atoms with Crippen LogP contribution >= 0.6 is 0 Å². The summed E-state index contributed by atoms with van der Waals surface area (Å²) in [5.41, 5.74) is 2.55. The van der Waals surface area contributed by atoms with Crippen LogP contribution in [0, 0.1) is 6.92 Å². The number of ether oxygens (including phenoxy) is 2. The SMILES string of the molecule is COCCOCC(=O)NCCc1ccc2ccn(S(=O)(=O)c3ccc(C)cc3)c2c1. The van der Waals surface area contributed by atoms with Crippen LogP contribution in [0.15, 0.2) is 59.6 Å². The van der Waals surface area contributed by atoms with Crippen molar-refractivity contribution in [3.63, 3.8) is 0 Å². The van der Waals surface area contributed by atoms with E-state index in [1.807, 2.05) is 25.1 Å². The van der Waals surface area contributed by atoms with Crippen molar-refractivity contribution < 1.29 is 22.7 Å². The number of aryl methyl sites for hydroxylation is 1. The van der Waals surface area contributed by atoms with Crippen molar-refractivity contribution in [2.75, 3.05) is 33.5 Å². The number of carbonyl (C=O) groups excluding carboxylic acids is 1. The third-order valence-corrected chi connectivity index (χ3v) is 6.40. The Balaban J connectivity index is 1.69. The molecule has 1 amide bonds. The summed E-state index contributed by atoms with van der Waals surface area (Å²) in [6.07, 6.45) is 2.15. The molecular weight excluding hydrogens is 404 g/mol. The molecule has 0 saturated heterocycles. The molecule has 3 rings (SSSR count). The van der Waals surface area contributed by atoms with Crippen molar-refractivity contribution in [2.45, 2.75) is 18.2 Å².